The highest BCUT2D eigenvalue weighted by molar-refractivity contribution is 7.89. The number of hydrogen-bond donors (Lipinski definition) is 2. The van der Waals surface area contributed by atoms with E-state index in [1.165, 1.54) is 17.6 Å². The number of hydroxylamine groups is 1. The van der Waals surface area contributed by atoms with E-state index >= 15 is 0 Å². The molecule has 0 atom stereocenters. The Morgan fingerprint density at radius 2 is 1.78 bits per heavy atom. The lowest BCUT2D eigenvalue weighted by Gasteiger charge is -2.21. The Bertz CT molecular complexity index is 1130. The van der Waals surface area contributed by atoms with Gasteiger partial charge in [0.25, 0.3) is 5.91 Å². The van der Waals surface area contributed by atoms with E-state index in [4.69, 9.17) is 9.94 Å². The summed E-state index contributed by atoms with van der Waals surface area (Å²) >= 11 is 0. The Labute approximate surface area is 185 Å². The zero-order valence-electron chi connectivity index (χ0n) is 17.2. The molecule has 0 unspecified atom stereocenters. The van der Waals surface area contributed by atoms with Gasteiger partial charge < -0.3 is 4.74 Å². The van der Waals surface area contributed by atoms with Gasteiger partial charge in [-0.2, -0.15) is 4.31 Å². The fourth-order valence-corrected chi connectivity index (χ4v) is 4.23. The molecule has 3 aromatic rings. The van der Waals surface area contributed by atoms with Crippen LogP contribution in [0.4, 0.5) is 0 Å². The molecule has 168 valence electrons. The van der Waals surface area contributed by atoms with Crippen molar-refractivity contribution in [3.63, 3.8) is 0 Å². The monoisotopic (exact) mass is 457 g/mol. The zero-order valence-corrected chi connectivity index (χ0v) is 18.0. The first-order chi connectivity index (χ1) is 15.4. The van der Waals surface area contributed by atoms with Crippen LogP contribution in [0.2, 0.25) is 0 Å². The molecule has 2 aromatic carbocycles. The first-order valence-corrected chi connectivity index (χ1v) is 11.1. The zero-order chi connectivity index (χ0) is 23.0. The SMILES string of the molecule is C=CCCOc1ccc(S(=O)(=O)N(CC(=O)NO)Cc2ccc(-n3cnnc3)cc2)cc1. The molecule has 3 rings (SSSR count). The molecule has 32 heavy (non-hydrogen) atoms. The summed E-state index contributed by atoms with van der Waals surface area (Å²) in [7, 11) is -4.04. The first kappa shape index (κ1) is 23.1. The highest BCUT2D eigenvalue weighted by Crippen LogP contribution is 2.22. The van der Waals surface area contributed by atoms with Gasteiger partial charge in [0.05, 0.1) is 18.0 Å². The summed E-state index contributed by atoms with van der Waals surface area (Å²) in [6.45, 7) is 3.43. The Morgan fingerprint density at radius 1 is 1.12 bits per heavy atom. The lowest BCUT2D eigenvalue weighted by atomic mass is 10.2. The molecule has 0 saturated heterocycles. The van der Waals surface area contributed by atoms with Gasteiger partial charge in [0.1, 0.15) is 18.4 Å². The van der Waals surface area contributed by atoms with Gasteiger partial charge in [-0.15, -0.1) is 16.8 Å². The van der Waals surface area contributed by atoms with Crippen LogP contribution in [-0.2, 0) is 21.4 Å². The van der Waals surface area contributed by atoms with Crippen molar-refractivity contribution in [3.05, 3.63) is 79.4 Å². The van der Waals surface area contributed by atoms with Gasteiger partial charge in [0, 0.05) is 12.2 Å². The summed E-state index contributed by atoms with van der Waals surface area (Å²) in [6, 6.07) is 13.0. The number of carbonyl (C=O) groups excluding carboxylic acids is 1. The van der Waals surface area contributed by atoms with Crippen molar-refractivity contribution in [1.82, 2.24) is 24.5 Å². The summed E-state index contributed by atoms with van der Waals surface area (Å²) in [5.41, 5.74) is 2.93. The third-order valence-corrected chi connectivity index (χ3v) is 6.31. The van der Waals surface area contributed by atoms with Crippen molar-refractivity contribution in [3.8, 4) is 11.4 Å². The minimum Gasteiger partial charge on any atom is -0.493 e. The lowest BCUT2D eigenvalue weighted by Crippen LogP contribution is -2.39. The fourth-order valence-electron chi connectivity index (χ4n) is 2.85. The van der Waals surface area contributed by atoms with Crippen LogP contribution in [0, 0.1) is 0 Å². The maximum absolute atomic E-state index is 13.2. The normalized spacial score (nSPS) is 11.3. The first-order valence-electron chi connectivity index (χ1n) is 9.65. The van der Waals surface area contributed by atoms with Crippen LogP contribution in [-0.4, -0.2) is 51.8 Å². The van der Waals surface area contributed by atoms with Crippen LogP contribution in [0.5, 0.6) is 5.75 Å². The Balaban J connectivity index is 1.80. The molecule has 0 saturated carbocycles. The largest absolute Gasteiger partial charge is 0.493 e. The average molecular weight is 458 g/mol. The third kappa shape index (κ3) is 5.78. The number of aromatic nitrogens is 3. The van der Waals surface area contributed by atoms with Crippen molar-refractivity contribution >= 4 is 15.9 Å². The van der Waals surface area contributed by atoms with Crippen LogP contribution in [0.25, 0.3) is 5.69 Å². The fraction of sp³-hybridized carbons (Fsp3) is 0.190. The Kier molecular flexibility index (Phi) is 7.71. The molecule has 0 bridgehead atoms. The van der Waals surface area contributed by atoms with E-state index < -0.39 is 22.5 Å². The topological polar surface area (TPSA) is 127 Å². The van der Waals surface area contributed by atoms with Gasteiger partial charge in [-0.05, 0) is 48.4 Å². The summed E-state index contributed by atoms with van der Waals surface area (Å²) in [5.74, 6) is -0.325. The Hall–Kier alpha value is -3.54. The van der Waals surface area contributed by atoms with Crippen molar-refractivity contribution in [2.45, 2.75) is 17.9 Å². The number of ether oxygens (including phenoxy) is 1. The Morgan fingerprint density at radius 3 is 2.38 bits per heavy atom. The summed E-state index contributed by atoms with van der Waals surface area (Å²) in [6.07, 6.45) is 5.48. The average Bonchev–Trinajstić information content (AvgIpc) is 3.34. The smallest absolute Gasteiger partial charge is 0.258 e. The number of carbonyl (C=O) groups is 1. The third-order valence-electron chi connectivity index (χ3n) is 4.51. The van der Waals surface area contributed by atoms with E-state index in [2.05, 4.69) is 16.8 Å². The second kappa shape index (κ2) is 10.7. The van der Waals surface area contributed by atoms with E-state index in [9.17, 15) is 13.2 Å². The predicted molar refractivity (Wildman–Crippen MR) is 116 cm³/mol. The number of sulfonamides is 1. The molecule has 2 N–H and O–H groups in total. The second-order valence-corrected chi connectivity index (χ2v) is 8.68. The molecular weight excluding hydrogens is 434 g/mol. The molecule has 11 heteroatoms. The minimum absolute atomic E-state index is 0.000389. The van der Waals surface area contributed by atoms with Crippen molar-refractivity contribution < 1.29 is 23.2 Å². The molecule has 0 spiro atoms. The summed E-state index contributed by atoms with van der Waals surface area (Å²) in [5, 5.41) is 16.4. The molecule has 0 aliphatic rings. The van der Waals surface area contributed by atoms with Crippen LogP contribution in [0.3, 0.4) is 0 Å². The van der Waals surface area contributed by atoms with Gasteiger partial charge in [0.15, 0.2) is 0 Å². The van der Waals surface area contributed by atoms with Gasteiger partial charge in [0.2, 0.25) is 10.0 Å². The second-order valence-electron chi connectivity index (χ2n) is 6.74. The summed E-state index contributed by atoms with van der Waals surface area (Å²) in [4.78, 5) is 11.8. The minimum atomic E-state index is -4.04. The molecule has 0 radical (unpaired) electrons. The van der Waals surface area contributed by atoms with E-state index in [1.807, 2.05) is 0 Å². The standard InChI is InChI=1S/C21H23N5O5S/c1-2-3-12-31-19-8-10-20(11-9-19)32(29,30)26(14-21(27)24-28)13-17-4-6-18(7-5-17)25-15-22-23-16-25/h2,4-11,15-16,28H,1,3,12-14H2,(H,24,27). The maximum Gasteiger partial charge on any atom is 0.258 e. The lowest BCUT2D eigenvalue weighted by molar-refractivity contribution is -0.129. The van der Waals surface area contributed by atoms with Crippen LogP contribution in [0.15, 0.2) is 78.7 Å². The number of amides is 1. The van der Waals surface area contributed by atoms with E-state index in [-0.39, 0.29) is 11.4 Å². The molecule has 0 aliphatic carbocycles. The van der Waals surface area contributed by atoms with Gasteiger partial charge in [-0.25, -0.2) is 13.9 Å². The van der Waals surface area contributed by atoms with Crippen LogP contribution in [0.1, 0.15) is 12.0 Å². The number of nitrogens with zero attached hydrogens (tertiary/aromatic N) is 4. The highest BCUT2D eigenvalue weighted by Gasteiger charge is 2.27. The van der Waals surface area contributed by atoms with Crippen LogP contribution >= 0.6 is 0 Å². The molecule has 1 heterocycles. The van der Waals surface area contributed by atoms with Crippen molar-refractivity contribution in [2.24, 2.45) is 0 Å². The molecule has 1 aromatic heterocycles. The highest BCUT2D eigenvalue weighted by atomic mass is 32.2. The molecule has 0 aliphatic heterocycles. The van der Waals surface area contributed by atoms with Crippen molar-refractivity contribution in [1.29, 1.82) is 0 Å². The van der Waals surface area contributed by atoms with Crippen molar-refractivity contribution in [2.75, 3.05) is 13.2 Å². The molecule has 0 fully saturated rings. The van der Waals surface area contributed by atoms with E-state index in [1.54, 1.807) is 59.7 Å². The van der Waals surface area contributed by atoms with Gasteiger partial charge >= 0.3 is 0 Å². The van der Waals surface area contributed by atoms with E-state index in [0.717, 1.165) is 9.99 Å². The number of rotatable bonds is 11. The number of hydrogen-bond acceptors (Lipinski definition) is 7. The van der Waals surface area contributed by atoms with E-state index in [0.29, 0.717) is 24.3 Å². The molecule has 10 nitrogen and oxygen atoms in total. The summed E-state index contributed by atoms with van der Waals surface area (Å²) < 4.78 is 34.6. The quantitative estimate of drug-likeness (QED) is 0.195. The van der Waals surface area contributed by atoms with Gasteiger partial charge in [-0.3, -0.25) is 14.6 Å². The maximum atomic E-state index is 13.2. The number of nitrogens with one attached hydrogen (secondary N) is 1. The molecular formula is C21H23N5O5S. The van der Waals surface area contributed by atoms with Gasteiger partial charge in [-0.1, -0.05) is 18.2 Å². The number of benzene rings is 2. The van der Waals surface area contributed by atoms with Crippen LogP contribution < -0.4 is 10.2 Å². The predicted octanol–water partition coefficient (Wildman–Crippen LogP) is 1.92. The molecule has 1 amide bonds.